The van der Waals surface area contributed by atoms with Gasteiger partial charge in [-0.05, 0) is 24.6 Å². The van der Waals surface area contributed by atoms with Gasteiger partial charge >= 0.3 is 5.97 Å². The molecule has 0 aliphatic heterocycles. The molecule has 0 fully saturated rings. The Morgan fingerprint density at radius 3 is 2.38 bits per heavy atom. The number of ether oxygens (including phenoxy) is 1. The largest absolute Gasteiger partial charge is 0.469 e. The molecule has 0 aromatic heterocycles. The van der Waals surface area contributed by atoms with Gasteiger partial charge in [-0.3, -0.25) is 14.9 Å². The van der Waals surface area contributed by atoms with Crippen LogP contribution in [0, 0.1) is 34.8 Å². The van der Waals surface area contributed by atoms with Gasteiger partial charge in [0, 0.05) is 16.4 Å². The summed E-state index contributed by atoms with van der Waals surface area (Å²) in [5.74, 6) is 4.58. The third-order valence-electron chi connectivity index (χ3n) is 4.13. The van der Waals surface area contributed by atoms with Crippen molar-refractivity contribution in [1.82, 2.24) is 0 Å². The lowest BCUT2D eigenvalue weighted by atomic mass is 9.83. The van der Waals surface area contributed by atoms with Crippen LogP contribution in [0.1, 0.15) is 29.0 Å². The first-order chi connectivity index (χ1) is 12.5. The third kappa shape index (κ3) is 5.75. The number of carbonyl (C=O) groups excluding carboxylic acids is 1. The number of carbonyl (C=O) groups is 1. The second kappa shape index (κ2) is 9.38. The zero-order valence-corrected chi connectivity index (χ0v) is 14.8. The number of nitro groups is 1. The van der Waals surface area contributed by atoms with Crippen LogP contribution in [0.25, 0.3) is 0 Å². The Labute approximate surface area is 153 Å². The van der Waals surface area contributed by atoms with Crippen LogP contribution in [0.3, 0.4) is 0 Å². The summed E-state index contributed by atoms with van der Waals surface area (Å²) in [6.45, 7) is 1.62. The molecule has 0 amide bonds. The van der Waals surface area contributed by atoms with E-state index in [4.69, 9.17) is 4.74 Å². The molecule has 0 heterocycles. The lowest BCUT2D eigenvalue weighted by Gasteiger charge is -2.20. The number of nitrogens with zero attached hydrogens (tertiary/aromatic N) is 1. The highest BCUT2D eigenvalue weighted by Crippen LogP contribution is 2.29. The first-order valence-corrected chi connectivity index (χ1v) is 8.31. The average molecular weight is 351 g/mol. The van der Waals surface area contributed by atoms with E-state index in [1.807, 2.05) is 61.5 Å². The highest BCUT2D eigenvalue weighted by atomic mass is 16.6. The van der Waals surface area contributed by atoms with Gasteiger partial charge in [-0.1, -0.05) is 59.9 Å². The van der Waals surface area contributed by atoms with E-state index in [0.29, 0.717) is 0 Å². The topological polar surface area (TPSA) is 69.4 Å². The van der Waals surface area contributed by atoms with Crippen LogP contribution >= 0.6 is 0 Å². The van der Waals surface area contributed by atoms with Gasteiger partial charge in [-0.2, -0.15) is 0 Å². The molecule has 26 heavy (non-hydrogen) atoms. The highest BCUT2D eigenvalue weighted by molar-refractivity contribution is 5.70. The van der Waals surface area contributed by atoms with Gasteiger partial charge in [-0.15, -0.1) is 0 Å². The van der Waals surface area contributed by atoms with Crippen LogP contribution in [0.15, 0.2) is 54.6 Å². The fourth-order valence-electron chi connectivity index (χ4n) is 2.70. The molecule has 134 valence electrons. The summed E-state index contributed by atoms with van der Waals surface area (Å²) in [6, 6.07) is 16.9. The van der Waals surface area contributed by atoms with Gasteiger partial charge in [0.05, 0.1) is 19.4 Å². The molecule has 2 rings (SSSR count). The number of rotatable bonds is 6. The van der Waals surface area contributed by atoms with E-state index >= 15 is 0 Å². The molecule has 2 atom stereocenters. The van der Waals surface area contributed by atoms with Crippen molar-refractivity contribution in [2.24, 2.45) is 5.92 Å². The summed E-state index contributed by atoms with van der Waals surface area (Å²) in [5, 5.41) is 11.2. The lowest BCUT2D eigenvalue weighted by Crippen LogP contribution is -2.23. The standard InChI is InChI=1S/C21H21NO4/c1-16-8-11-18(12-9-16)20(14-21(23)26-2)19(15-22(24)25)13-10-17-6-4-3-5-7-17/h3-9,11-12,19-20H,14-15H2,1-2H3/t19-,20-/m1/s1. The van der Waals surface area contributed by atoms with Gasteiger partial charge in [0.1, 0.15) is 0 Å². The molecular formula is C21H21NO4. The highest BCUT2D eigenvalue weighted by Gasteiger charge is 2.29. The van der Waals surface area contributed by atoms with Crippen molar-refractivity contribution >= 4 is 5.97 Å². The summed E-state index contributed by atoms with van der Waals surface area (Å²) in [6.07, 6.45) is 0.0432. The number of hydrogen-bond acceptors (Lipinski definition) is 4. The molecule has 5 heteroatoms. The van der Waals surface area contributed by atoms with E-state index in [1.165, 1.54) is 7.11 Å². The predicted molar refractivity (Wildman–Crippen MR) is 99.2 cm³/mol. The summed E-state index contributed by atoms with van der Waals surface area (Å²) < 4.78 is 4.79. The van der Waals surface area contributed by atoms with E-state index < -0.39 is 17.8 Å². The Morgan fingerprint density at radius 1 is 1.15 bits per heavy atom. The van der Waals surface area contributed by atoms with Crippen molar-refractivity contribution < 1.29 is 14.5 Å². The monoisotopic (exact) mass is 351 g/mol. The molecule has 0 N–H and O–H groups in total. The Kier molecular flexibility index (Phi) is 6.92. The van der Waals surface area contributed by atoms with Crippen LogP contribution in [0.4, 0.5) is 0 Å². The molecule has 0 saturated heterocycles. The number of benzene rings is 2. The Morgan fingerprint density at radius 2 is 1.81 bits per heavy atom. The smallest absolute Gasteiger partial charge is 0.306 e. The quantitative estimate of drug-likeness (QED) is 0.345. The maximum absolute atomic E-state index is 11.9. The van der Waals surface area contributed by atoms with Crippen molar-refractivity contribution in [1.29, 1.82) is 0 Å². The maximum Gasteiger partial charge on any atom is 0.306 e. The summed E-state index contributed by atoms with van der Waals surface area (Å²) in [7, 11) is 1.31. The third-order valence-corrected chi connectivity index (χ3v) is 4.13. The number of methoxy groups -OCH3 is 1. The zero-order valence-electron chi connectivity index (χ0n) is 14.8. The van der Waals surface area contributed by atoms with E-state index in [1.54, 1.807) is 0 Å². The summed E-state index contributed by atoms with van der Waals surface area (Å²) in [5.41, 5.74) is 2.70. The van der Waals surface area contributed by atoms with E-state index in [-0.39, 0.29) is 17.9 Å². The van der Waals surface area contributed by atoms with Gasteiger partial charge in [0.25, 0.3) is 0 Å². The first kappa shape index (κ1) is 19.2. The fraction of sp³-hybridized carbons (Fsp3) is 0.286. The van der Waals surface area contributed by atoms with Gasteiger partial charge in [0.2, 0.25) is 6.54 Å². The van der Waals surface area contributed by atoms with Crippen molar-refractivity contribution in [2.45, 2.75) is 19.3 Å². The molecule has 2 aromatic rings. The van der Waals surface area contributed by atoms with Crippen LogP contribution in [-0.4, -0.2) is 24.5 Å². The molecule has 0 aliphatic carbocycles. The summed E-state index contributed by atoms with van der Waals surface area (Å²) in [4.78, 5) is 22.7. The summed E-state index contributed by atoms with van der Waals surface area (Å²) >= 11 is 0. The zero-order chi connectivity index (χ0) is 18.9. The van der Waals surface area contributed by atoms with E-state index in [9.17, 15) is 14.9 Å². The minimum Gasteiger partial charge on any atom is -0.469 e. The van der Waals surface area contributed by atoms with Crippen molar-refractivity contribution in [2.75, 3.05) is 13.7 Å². The Hall–Kier alpha value is -3.13. The lowest BCUT2D eigenvalue weighted by molar-refractivity contribution is -0.486. The van der Waals surface area contributed by atoms with Crippen molar-refractivity contribution in [3.63, 3.8) is 0 Å². The van der Waals surface area contributed by atoms with Crippen LogP contribution in [-0.2, 0) is 9.53 Å². The molecule has 0 bridgehead atoms. The molecule has 2 aromatic carbocycles. The molecular weight excluding hydrogens is 330 g/mol. The molecule has 5 nitrogen and oxygen atoms in total. The second-order valence-electron chi connectivity index (χ2n) is 6.05. The van der Waals surface area contributed by atoms with Gasteiger partial charge in [0.15, 0.2) is 0 Å². The molecule has 0 spiro atoms. The number of esters is 1. The van der Waals surface area contributed by atoms with Gasteiger partial charge in [-0.25, -0.2) is 0 Å². The number of hydrogen-bond donors (Lipinski definition) is 0. The Balaban J connectivity index is 2.39. The van der Waals surface area contributed by atoms with Crippen LogP contribution in [0.5, 0.6) is 0 Å². The Bertz CT molecular complexity index is 803. The average Bonchev–Trinajstić information content (AvgIpc) is 2.64. The van der Waals surface area contributed by atoms with Gasteiger partial charge < -0.3 is 4.74 Å². The molecule has 0 radical (unpaired) electrons. The van der Waals surface area contributed by atoms with Crippen LogP contribution in [0.2, 0.25) is 0 Å². The van der Waals surface area contributed by atoms with Crippen LogP contribution < -0.4 is 0 Å². The minimum atomic E-state index is -0.605. The van der Waals surface area contributed by atoms with E-state index in [2.05, 4.69) is 11.8 Å². The maximum atomic E-state index is 11.9. The van der Waals surface area contributed by atoms with Crippen molar-refractivity contribution in [3.05, 3.63) is 81.4 Å². The second-order valence-corrected chi connectivity index (χ2v) is 6.05. The molecule has 0 saturated carbocycles. The van der Waals surface area contributed by atoms with E-state index in [0.717, 1.165) is 16.7 Å². The number of aryl methyl sites for hydroxylation is 1. The fourth-order valence-corrected chi connectivity index (χ4v) is 2.70. The molecule has 0 aliphatic rings. The normalized spacial score (nSPS) is 12.4. The van der Waals surface area contributed by atoms with Crippen molar-refractivity contribution in [3.8, 4) is 11.8 Å². The minimum absolute atomic E-state index is 0.0432. The first-order valence-electron chi connectivity index (χ1n) is 8.31. The predicted octanol–water partition coefficient (Wildman–Crippen LogP) is 3.59. The SMILES string of the molecule is COC(=O)C[C@H](c1ccc(C)cc1)[C@H](C#Cc1ccccc1)C[N+](=O)[O-]. The molecule has 0 unspecified atom stereocenters.